The Morgan fingerprint density at radius 3 is 2.94 bits per heavy atom. The number of benzene rings is 2. The summed E-state index contributed by atoms with van der Waals surface area (Å²) in [6, 6.07) is 19.6. The van der Waals surface area contributed by atoms with E-state index < -0.39 is 0 Å². The summed E-state index contributed by atoms with van der Waals surface area (Å²) in [5.74, 6) is 1.39. The van der Waals surface area contributed by atoms with Crippen LogP contribution in [0.5, 0.6) is 0 Å². The number of carbonyl (C=O) groups is 1. The van der Waals surface area contributed by atoms with Crippen LogP contribution in [-0.2, 0) is 17.6 Å². The molecule has 3 heterocycles. The van der Waals surface area contributed by atoms with Gasteiger partial charge in [0.25, 0.3) is 0 Å². The van der Waals surface area contributed by atoms with Crippen LogP contribution in [0.15, 0.2) is 60.8 Å². The topological polar surface area (TPSA) is 110 Å². The number of nitrogens with one attached hydrogen (secondary N) is 3. The predicted molar refractivity (Wildman–Crippen MR) is 141 cm³/mol. The molecule has 1 atom stereocenters. The number of para-hydroxylation sites is 1. The van der Waals surface area contributed by atoms with Crippen LogP contribution in [0.1, 0.15) is 36.6 Å². The van der Waals surface area contributed by atoms with Gasteiger partial charge in [0.1, 0.15) is 5.82 Å². The average Bonchev–Trinajstić information content (AvgIpc) is 3.52. The summed E-state index contributed by atoms with van der Waals surface area (Å²) in [7, 11) is 0. The molecule has 36 heavy (non-hydrogen) atoms. The van der Waals surface area contributed by atoms with E-state index in [1.165, 1.54) is 0 Å². The molecule has 8 nitrogen and oxygen atoms in total. The molecule has 0 bridgehead atoms. The second kappa shape index (κ2) is 10.5. The van der Waals surface area contributed by atoms with E-state index in [4.69, 9.17) is 4.98 Å². The van der Waals surface area contributed by atoms with Crippen molar-refractivity contribution in [3.63, 3.8) is 0 Å². The molecule has 5 rings (SSSR count). The van der Waals surface area contributed by atoms with Crippen molar-refractivity contribution in [2.75, 3.05) is 23.3 Å². The number of H-pyrrole nitrogens is 1. The van der Waals surface area contributed by atoms with Crippen LogP contribution < -0.4 is 15.5 Å². The van der Waals surface area contributed by atoms with Crippen LogP contribution >= 0.6 is 0 Å². The molecule has 0 saturated carbocycles. The predicted octanol–water partition coefficient (Wildman–Crippen LogP) is 4.46. The van der Waals surface area contributed by atoms with Crippen molar-refractivity contribution in [1.82, 2.24) is 20.3 Å². The zero-order valence-corrected chi connectivity index (χ0v) is 20.3. The molecule has 4 aromatic rings. The van der Waals surface area contributed by atoms with Crippen molar-refractivity contribution in [1.29, 1.82) is 5.26 Å². The van der Waals surface area contributed by atoms with Gasteiger partial charge in [0.05, 0.1) is 18.1 Å². The number of nitriles is 1. The fourth-order valence-corrected chi connectivity index (χ4v) is 4.70. The minimum Gasteiger partial charge on any atom is -0.361 e. The van der Waals surface area contributed by atoms with Crippen LogP contribution in [-0.4, -0.2) is 40.0 Å². The number of amides is 1. The maximum atomic E-state index is 12.8. The number of fused-ring (bicyclic) bond motifs is 1. The highest BCUT2D eigenvalue weighted by Crippen LogP contribution is 2.24. The highest BCUT2D eigenvalue weighted by Gasteiger charge is 2.26. The number of aryl methyl sites for hydroxylation is 1. The fraction of sp³-hybridized carbons (Fsp3) is 0.286. The third kappa shape index (κ3) is 5.31. The molecule has 0 radical (unpaired) electrons. The smallest absolute Gasteiger partial charge is 0.229 e. The largest absolute Gasteiger partial charge is 0.361 e. The van der Waals surface area contributed by atoms with Crippen LogP contribution in [0, 0.1) is 11.3 Å². The number of aromatic nitrogens is 3. The van der Waals surface area contributed by atoms with E-state index in [9.17, 15) is 10.1 Å². The van der Waals surface area contributed by atoms with E-state index in [1.54, 1.807) is 12.1 Å². The van der Waals surface area contributed by atoms with Crippen LogP contribution in [0.25, 0.3) is 10.9 Å². The average molecular weight is 480 g/mol. The number of hydrogen-bond donors (Lipinski definition) is 3. The third-order valence-corrected chi connectivity index (χ3v) is 6.42. The molecule has 0 aliphatic carbocycles. The molecule has 2 aromatic carbocycles. The van der Waals surface area contributed by atoms with Crippen molar-refractivity contribution in [3.8, 4) is 6.07 Å². The lowest BCUT2D eigenvalue weighted by molar-refractivity contribution is -0.121. The molecule has 8 heteroatoms. The minimum atomic E-state index is 0.0284. The van der Waals surface area contributed by atoms with Gasteiger partial charge in [-0.25, -0.2) is 4.98 Å². The SMILES string of the molecule is CCCc1cc(N2CC[C@H](NC(=O)Cc3c[nH]c4ccccc34)C2)nc(Nc2cccc(C#N)c2)n1. The van der Waals surface area contributed by atoms with Gasteiger partial charge < -0.3 is 20.5 Å². The van der Waals surface area contributed by atoms with Crippen molar-refractivity contribution in [2.45, 2.75) is 38.6 Å². The Kier molecular flexibility index (Phi) is 6.80. The van der Waals surface area contributed by atoms with E-state index in [0.717, 1.165) is 59.5 Å². The van der Waals surface area contributed by atoms with Gasteiger partial charge >= 0.3 is 0 Å². The van der Waals surface area contributed by atoms with Gasteiger partial charge in [-0.2, -0.15) is 10.2 Å². The molecule has 1 aliphatic heterocycles. The summed E-state index contributed by atoms with van der Waals surface area (Å²) in [5, 5.41) is 16.7. The zero-order chi connectivity index (χ0) is 24.9. The number of aromatic amines is 1. The monoisotopic (exact) mass is 479 g/mol. The first-order valence-electron chi connectivity index (χ1n) is 12.4. The van der Waals surface area contributed by atoms with E-state index in [0.29, 0.717) is 24.5 Å². The summed E-state index contributed by atoms with van der Waals surface area (Å²) in [6.45, 7) is 3.63. The number of nitrogens with zero attached hydrogens (tertiary/aromatic N) is 4. The lowest BCUT2D eigenvalue weighted by atomic mass is 10.1. The summed E-state index contributed by atoms with van der Waals surface area (Å²) in [4.78, 5) is 27.7. The van der Waals surface area contributed by atoms with Crippen molar-refractivity contribution < 1.29 is 4.79 Å². The molecule has 182 valence electrons. The van der Waals surface area contributed by atoms with Gasteiger partial charge in [0.2, 0.25) is 11.9 Å². The molecular formula is C28H29N7O. The molecule has 2 aromatic heterocycles. The maximum Gasteiger partial charge on any atom is 0.229 e. The highest BCUT2D eigenvalue weighted by atomic mass is 16.1. The second-order valence-electron chi connectivity index (χ2n) is 9.14. The summed E-state index contributed by atoms with van der Waals surface area (Å²) in [6.07, 6.45) is 4.96. The summed E-state index contributed by atoms with van der Waals surface area (Å²) < 4.78 is 0. The van der Waals surface area contributed by atoms with Crippen molar-refractivity contribution in [3.05, 3.63) is 77.6 Å². The summed E-state index contributed by atoms with van der Waals surface area (Å²) in [5.41, 5.74) is 4.37. The maximum absolute atomic E-state index is 12.8. The molecule has 1 amide bonds. The minimum absolute atomic E-state index is 0.0284. The van der Waals surface area contributed by atoms with Gasteiger partial charge in [0.15, 0.2) is 0 Å². The Bertz CT molecular complexity index is 1420. The van der Waals surface area contributed by atoms with Gasteiger partial charge in [-0.1, -0.05) is 37.6 Å². The Morgan fingerprint density at radius 1 is 1.19 bits per heavy atom. The van der Waals surface area contributed by atoms with E-state index in [1.807, 2.05) is 48.7 Å². The number of anilines is 3. The fourth-order valence-electron chi connectivity index (χ4n) is 4.70. The standard InChI is InChI=1S/C28H29N7O/c1-2-6-21-15-26(34-28(32-21)33-22-8-5-7-19(13-22)16-29)35-12-11-23(18-35)31-27(36)14-20-17-30-25-10-4-3-9-24(20)25/h3-5,7-10,13,15,17,23,30H,2,6,11-12,14,18H2,1H3,(H,31,36)(H,32,33,34)/t23-/m0/s1. The van der Waals surface area contributed by atoms with E-state index >= 15 is 0 Å². The van der Waals surface area contributed by atoms with Gasteiger partial charge in [-0.3, -0.25) is 4.79 Å². The van der Waals surface area contributed by atoms with Crippen LogP contribution in [0.3, 0.4) is 0 Å². The first-order chi connectivity index (χ1) is 17.6. The second-order valence-corrected chi connectivity index (χ2v) is 9.14. The van der Waals surface area contributed by atoms with Crippen molar-refractivity contribution >= 4 is 34.3 Å². The van der Waals surface area contributed by atoms with E-state index in [2.05, 4.69) is 38.5 Å². The first kappa shape index (κ1) is 23.4. The molecule has 0 spiro atoms. The molecule has 1 saturated heterocycles. The number of rotatable bonds is 8. The molecule has 1 fully saturated rings. The Labute approximate surface area is 210 Å². The molecule has 1 aliphatic rings. The van der Waals surface area contributed by atoms with Gasteiger partial charge in [-0.05, 0) is 42.7 Å². The molecule has 0 unspecified atom stereocenters. The first-order valence-corrected chi connectivity index (χ1v) is 12.4. The Hall–Kier alpha value is -4.38. The van der Waals surface area contributed by atoms with E-state index in [-0.39, 0.29) is 11.9 Å². The number of hydrogen-bond acceptors (Lipinski definition) is 6. The van der Waals surface area contributed by atoms with Crippen molar-refractivity contribution in [2.24, 2.45) is 0 Å². The summed E-state index contributed by atoms with van der Waals surface area (Å²) >= 11 is 0. The molecule has 3 N–H and O–H groups in total. The zero-order valence-electron chi connectivity index (χ0n) is 20.3. The van der Waals surface area contributed by atoms with Gasteiger partial charge in [0, 0.05) is 53.7 Å². The van der Waals surface area contributed by atoms with Gasteiger partial charge in [-0.15, -0.1) is 0 Å². The lowest BCUT2D eigenvalue weighted by Crippen LogP contribution is -2.38. The Morgan fingerprint density at radius 2 is 2.08 bits per heavy atom. The quantitative estimate of drug-likeness (QED) is 0.344. The lowest BCUT2D eigenvalue weighted by Gasteiger charge is -2.20. The van der Waals surface area contributed by atoms with Crippen LogP contribution in [0.2, 0.25) is 0 Å². The molecular weight excluding hydrogens is 450 g/mol. The van der Waals surface area contributed by atoms with Crippen LogP contribution in [0.4, 0.5) is 17.5 Å². The highest BCUT2D eigenvalue weighted by molar-refractivity contribution is 5.89. The third-order valence-electron chi connectivity index (χ3n) is 6.42. The number of carbonyl (C=O) groups excluding carboxylic acids is 1. The normalized spacial score (nSPS) is 15.1. The Balaban J connectivity index is 1.26.